The second-order valence-corrected chi connectivity index (χ2v) is 6.82. The van der Waals surface area contributed by atoms with Crippen LogP contribution in [0.15, 0.2) is 6.07 Å². The van der Waals surface area contributed by atoms with Crippen molar-refractivity contribution in [2.75, 3.05) is 19.8 Å². The second-order valence-electron chi connectivity index (χ2n) is 4.53. The molecule has 1 aromatic heterocycles. The number of ether oxygens (including phenoxy) is 1. The fourth-order valence-electron chi connectivity index (χ4n) is 1.30. The zero-order valence-electron chi connectivity index (χ0n) is 10.8. The van der Waals surface area contributed by atoms with Crippen molar-refractivity contribution in [3.63, 3.8) is 0 Å². The van der Waals surface area contributed by atoms with Crippen molar-refractivity contribution in [2.45, 2.75) is 20.0 Å². The Bertz CT molecular complexity index is 423. The summed E-state index contributed by atoms with van der Waals surface area (Å²) >= 11 is 12.7. The number of carbonyl (C=O) groups is 1. The summed E-state index contributed by atoms with van der Waals surface area (Å²) in [6.07, 6.45) is -0.740. The van der Waals surface area contributed by atoms with E-state index in [0.29, 0.717) is 26.8 Å². The lowest BCUT2D eigenvalue weighted by Crippen LogP contribution is -2.34. The number of amides is 1. The standard InChI is InChI=1S/C12H17Cl2NO3S/c1-7(2)5-18-6-8(16)4-15-12(17)9-3-10(13)19-11(9)14/h3,7-8,16H,4-6H2,1-2H3,(H,15,17). The van der Waals surface area contributed by atoms with Gasteiger partial charge in [0.15, 0.2) is 0 Å². The minimum absolute atomic E-state index is 0.112. The SMILES string of the molecule is CC(C)COCC(O)CNC(=O)c1cc(Cl)sc1Cl. The van der Waals surface area contributed by atoms with Gasteiger partial charge in [0.2, 0.25) is 0 Å². The largest absolute Gasteiger partial charge is 0.389 e. The topological polar surface area (TPSA) is 58.6 Å². The Morgan fingerprint density at radius 1 is 1.47 bits per heavy atom. The quantitative estimate of drug-likeness (QED) is 0.810. The van der Waals surface area contributed by atoms with Crippen molar-refractivity contribution in [1.29, 1.82) is 0 Å². The molecular weight excluding hydrogens is 309 g/mol. The second kappa shape index (κ2) is 8.07. The molecule has 0 aliphatic rings. The molecule has 0 saturated carbocycles. The Morgan fingerprint density at radius 3 is 2.68 bits per heavy atom. The number of carbonyl (C=O) groups excluding carboxylic acids is 1. The lowest BCUT2D eigenvalue weighted by atomic mass is 10.2. The van der Waals surface area contributed by atoms with Crippen LogP contribution < -0.4 is 5.32 Å². The van der Waals surface area contributed by atoms with Crippen LogP contribution >= 0.6 is 34.5 Å². The lowest BCUT2D eigenvalue weighted by molar-refractivity contribution is 0.0259. The summed E-state index contributed by atoms with van der Waals surface area (Å²) < 4.78 is 6.07. The maximum Gasteiger partial charge on any atom is 0.253 e. The highest BCUT2D eigenvalue weighted by Crippen LogP contribution is 2.30. The monoisotopic (exact) mass is 325 g/mol. The number of hydrogen-bond acceptors (Lipinski definition) is 4. The summed E-state index contributed by atoms with van der Waals surface area (Å²) in [4.78, 5) is 11.8. The van der Waals surface area contributed by atoms with Crippen LogP contribution in [0.3, 0.4) is 0 Å². The van der Waals surface area contributed by atoms with Crippen LogP contribution in [0.25, 0.3) is 0 Å². The summed E-state index contributed by atoms with van der Waals surface area (Å²) in [6, 6.07) is 1.51. The third kappa shape index (κ3) is 6.10. The van der Waals surface area contributed by atoms with Gasteiger partial charge in [-0.2, -0.15) is 0 Å². The number of aliphatic hydroxyl groups is 1. The fourth-order valence-corrected chi connectivity index (χ4v) is 2.76. The van der Waals surface area contributed by atoms with Crippen molar-refractivity contribution in [2.24, 2.45) is 5.92 Å². The molecule has 0 bridgehead atoms. The zero-order valence-corrected chi connectivity index (χ0v) is 13.1. The molecule has 0 spiro atoms. The van der Waals surface area contributed by atoms with Gasteiger partial charge >= 0.3 is 0 Å². The fraction of sp³-hybridized carbons (Fsp3) is 0.583. The first-order valence-electron chi connectivity index (χ1n) is 5.89. The Morgan fingerprint density at radius 2 is 2.16 bits per heavy atom. The van der Waals surface area contributed by atoms with Gasteiger partial charge in [0.25, 0.3) is 5.91 Å². The van der Waals surface area contributed by atoms with Crippen LogP contribution in [0.5, 0.6) is 0 Å². The maximum atomic E-state index is 11.8. The number of rotatable bonds is 7. The number of aliphatic hydroxyl groups excluding tert-OH is 1. The van der Waals surface area contributed by atoms with Crippen molar-refractivity contribution in [3.05, 3.63) is 20.3 Å². The molecule has 4 nitrogen and oxygen atoms in total. The third-order valence-electron chi connectivity index (χ3n) is 2.16. The van der Waals surface area contributed by atoms with Crippen LogP contribution in [0.1, 0.15) is 24.2 Å². The smallest absolute Gasteiger partial charge is 0.253 e. The predicted octanol–water partition coefficient (Wildman–Crippen LogP) is 2.82. The van der Waals surface area contributed by atoms with Crippen molar-refractivity contribution >= 4 is 40.4 Å². The van der Waals surface area contributed by atoms with Gasteiger partial charge in [-0.05, 0) is 12.0 Å². The average molecular weight is 326 g/mol. The summed E-state index contributed by atoms with van der Waals surface area (Å²) in [7, 11) is 0. The highest BCUT2D eigenvalue weighted by Gasteiger charge is 2.15. The molecular formula is C12H17Cl2NO3S. The maximum absolute atomic E-state index is 11.8. The number of halogens is 2. The van der Waals surface area contributed by atoms with E-state index in [2.05, 4.69) is 5.32 Å². The van der Waals surface area contributed by atoms with E-state index in [1.54, 1.807) is 0 Å². The third-order valence-corrected chi connectivity index (χ3v) is 3.65. The first kappa shape index (κ1) is 16.7. The molecule has 0 saturated heterocycles. The Balaban J connectivity index is 2.32. The summed E-state index contributed by atoms with van der Waals surface area (Å²) in [5.41, 5.74) is 0.326. The van der Waals surface area contributed by atoms with Gasteiger partial charge < -0.3 is 15.2 Å². The molecule has 0 fully saturated rings. The van der Waals surface area contributed by atoms with Gasteiger partial charge in [0.1, 0.15) is 4.34 Å². The number of nitrogens with one attached hydrogen (secondary N) is 1. The van der Waals surface area contributed by atoms with Crippen LogP contribution in [-0.2, 0) is 4.74 Å². The van der Waals surface area contributed by atoms with E-state index in [1.807, 2.05) is 13.8 Å². The molecule has 7 heteroatoms. The van der Waals surface area contributed by atoms with Gasteiger partial charge in [-0.15, -0.1) is 11.3 Å². The Kier molecular flexibility index (Phi) is 7.10. The summed E-state index contributed by atoms with van der Waals surface area (Å²) in [6.45, 7) is 4.93. The van der Waals surface area contributed by atoms with Crippen LogP contribution in [-0.4, -0.2) is 36.9 Å². The minimum atomic E-state index is -0.740. The van der Waals surface area contributed by atoms with Crippen LogP contribution in [0.2, 0.25) is 8.67 Å². The molecule has 1 atom stereocenters. The number of thiophene rings is 1. The Hall–Kier alpha value is -0.330. The summed E-state index contributed by atoms with van der Waals surface area (Å²) in [5, 5.41) is 12.2. The zero-order chi connectivity index (χ0) is 14.4. The molecule has 1 heterocycles. The van der Waals surface area contributed by atoms with Gasteiger partial charge in [0.05, 0.1) is 22.6 Å². The average Bonchev–Trinajstić information content (AvgIpc) is 2.65. The van der Waals surface area contributed by atoms with Crippen LogP contribution in [0, 0.1) is 5.92 Å². The van der Waals surface area contributed by atoms with Crippen LogP contribution in [0.4, 0.5) is 0 Å². The normalized spacial score (nSPS) is 12.7. The van der Waals surface area contributed by atoms with Gasteiger partial charge in [-0.1, -0.05) is 37.0 Å². The van der Waals surface area contributed by atoms with E-state index in [0.717, 1.165) is 11.3 Å². The van der Waals surface area contributed by atoms with E-state index < -0.39 is 6.10 Å². The van der Waals surface area contributed by atoms with Crippen molar-refractivity contribution in [1.82, 2.24) is 5.32 Å². The van der Waals surface area contributed by atoms with E-state index in [-0.39, 0.29) is 19.1 Å². The highest BCUT2D eigenvalue weighted by atomic mass is 35.5. The molecule has 1 amide bonds. The minimum Gasteiger partial charge on any atom is -0.389 e. The van der Waals surface area contributed by atoms with E-state index in [1.165, 1.54) is 6.07 Å². The molecule has 108 valence electrons. The van der Waals surface area contributed by atoms with Gasteiger partial charge in [0, 0.05) is 13.2 Å². The highest BCUT2D eigenvalue weighted by molar-refractivity contribution is 7.20. The lowest BCUT2D eigenvalue weighted by Gasteiger charge is -2.13. The first-order chi connectivity index (χ1) is 8.90. The molecule has 0 aliphatic carbocycles. The molecule has 2 N–H and O–H groups in total. The Labute approximate surface area is 126 Å². The molecule has 19 heavy (non-hydrogen) atoms. The van der Waals surface area contributed by atoms with Crippen molar-refractivity contribution in [3.8, 4) is 0 Å². The van der Waals surface area contributed by atoms with E-state index in [9.17, 15) is 9.90 Å². The van der Waals surface area contributed by atoms with Gasteiger partial charge in [-0.3, -0.25) is 4.79 Å². The molecule has 1 unspecified atom stereocenters. The number of hydrogen-bond donors (Lipinski definition) is 2. The first-order valence-corrected chi connectivity index (χ1v) is 7.46. The summed E-state index contributed by atoms with van der Waals surface area (Å²) in [5.74, 6) is 0.0598. The molecule has 0 aromatic carbocycles. The van der Waals surface area contributed by atoms with Gasteiger partial charge in [-0.25, -0.2) is 0 Å². The van der Waals surface area contributed by atoms with E-state index >= 15 is 0 Å². The molecule has 1 rings (SSSR count). The molecule has 0 aliphatic heterocycles. The van der Waals surface area contributed by atoms with E-state index in [4.69, 9.17) is 27.9 Å². The molecule has 0 radical (unpaired) electrons. The predicted molar refractivity (Wildman–Crippen MR) is 78.3 cm³/mol. The van der Waals surface area contributed by atoms with Crippen molar-refractivity contribution < 1.29 is 14.6 Å². The molecule has 1 aromatic rings.